The topological polar surface area (TPSA) is 74.8 Å². The van der Waals surface area contributed by atoms with Crippen molar-refractivity contribution in [3.8, 4) is 5.75 Å². The van der Waals surface area contributed by atoms with Gasteiger partial charge in [-0.1, -0.05) is 17.7 Å². The van der Waals surface area contributed by atoms with Crippen molar-refractivity contribution in [3.05, 3.63) is 88.2 Å². The van der Waals surface area contributed by atoms with Crippen LogP contribution in [-0.4, -0.2) is 54.5 Å². The molecule has 2 aliphatic heterocycles. The molecule has 11 heteroatoms. The van der Waals surface area contributed by atoms with Gasteiger partial charge in [-0.25, -0.2) is 0 Å². The summed E-state index contributed by atoms with van der Waals surface area (Å²) in [6.45, 7) is 1.94. The van der Waals surface area contributed by atoms with Crippen molar-refractivity contribution < 1.29 is 27.5 Å². The first-order chi connectivity index (χ1) is 19.1. The molecule has 1 N–H and O–H groups in total. The van der Waals surface area contributed by atoms with Gasteiger partial charge >= 0.3 is 6.18 Å². The van der Waals surface area contributed by atoms with Gasteiger partial charge in [0.15, 0.2) is 0 Å². The number of fused-ring (bicyclic) bond motifs is 1. The normalized spacial score (nSPS) is 17.5. The molecule has 0 radical (unpaired) electrons. The van der Waals surface area contributed by atoms with Crippen LogP contribution in [0.1, 0.15) is 57.1 Å². The molecule has 1 aromatic heterocycles. The van der Waals surface area contributed by atoms with E-state index in [1.54, 1.807) is 42.5 Å². The predicted molar refractivity (Wildman–Crippen MR) is 145 cm³/mol. The molecular formula is C29H28ClF3N4O3. The average molecular weight is 573 g/mol. The van der Waals surface area contributed by atoms with E-state index in [0.717, 1.165) is 43.8 Å². The number of carbonyl (C=O) groups is 2. The van der Waals surface area contributed by atoms with Crippen LogP contribution in [0.3, 0.4) is 0 Å². The van der Waals surface area contributed by atoms with Crippen molar-refractivity contribution in [1.29, 1.82) is 0 Å². The molecule has 0 saturated carbocycles. The lowest BCUT2D eigenvalue weighted by Crippen LogP contribution is -2.45. The summed E-state index contributed by atoms with van der Waals surface area (Å²) in [5, 5.41) is 2.13. The number of nitrogens with zero attached hydrogens (tertiary/aromatic N) is 3. The summed E-state index contributed by atoms with van der Waals surface area (Å²) in [5.74, 6) is -0.373. The smallest absolute Gasteiger partial charge is 0.417 e. The molecule has 5 rings (SSSR count). The average Bonchev–Trinajstić information content (AvgIpc) is 2.96. The van der Waals surface area contributed by atoms with Crippen LogP contribution in [0.2, 0.25) is 5.02 Å². The van der Waals surface area contributed by atoms with Crippen molar-refractivity contribution >= 4 is 29.1 Å². The maximum Gasteiger partial charge on any atom is 0.417 e. The maximum atomic E-state index is 13.5. The number of rotatable bonds is 5. The van der Waals surface area contributed by atoms with E-state index in [-0.39, 0.29) is 17.5 Å². The number of benzene rings is 2. The number of aromatic nitrogens is 1. The SMILES string of the molecule is CN(C(=O)c1ccc2c(c1)C(NC(=O)c1cccc(C(F)(F)F)c1Cl)CCO2)C1CCN(c2ccncc2)CC1. The Balaban J connectivity index is 1.29. The third-order valence-electron chi connectivity index (χ3n) is 7.51. The minimum atomic E-state index is -4.68. The van der Waals surface area contributed by atoms with Gasteiger partial charge in [0.1, 0.15) is 5.75 Å². The number of anilines is 1. The molecule has 1 unspecified atom stereocenters. The van der Waals surface area contributed by atoms with E-state index < -0.39 is 28.7 Å². The van der Waals surface area contributed by atoms with Gasteiger partial charge in [0, 0.05) is 61.8 Å². The second-order valence-corrected chi connectivity index (χ2v) is 10.3. The maximum absolute atomic E-state index is 13.5. The van der Waals surface area contributed by atoms with Gasteiger partial charge in [-0.05, 0) is 55.3 Å². The van der Waals surface area contributed by atoms with Crippen LogP contribution < -0.4 is 15.0 Å². The largest absolute Gasteiger partial charge is 0.493 e. The molecule has 3 heterocycles. The fraction of sp³-hybridized carbons (Fsp3) is 0.345. The lowest BCUT2D eigenvalue weighted by atomic mass is 9.96. The molecule has 0 aliphatic carbocycles. The van der Waals surface area contributed by atoms with E-state index in [1.807, 2.05) is 12.1 Å². The van der Waals surface area contributed by atoms with E-state index in [1.165, 1.54) is 6.07 Å². The first-order valence-corrected chi connectivity index (χ1v) is 13.4. The molecule has 3 aromatic rings. The standard InChI is InChI=1S/C29H28ClF3N4O3/c1-36(19-9-14-37(15-10-19)20-7-12-34-13-8-20)28(39)18-5-6-25-22(17-18)24(11-16-40-25)35-27(38)21-3-2-4-23(26(21)30)29(31,32)33/h2-8,12-13,17,19,24H,9-11,14-16H2,1H3,(H,35,38). The first-order valence-electron chi connectivity index (χ1n) is 13.0. The molecule has 2 amide bonds. The Morgan fingerprint density at radius 3 is 2.50 bits per heavy atom. The highest BCUT2D eigenvalue weighted by molar-refractivity contribution is 6.34. The van der Waals surface area contributed by atoms with Crippen molar-refractivity contribution in [2.75, 3.05) is 31.6 Å². The van der Waals surface area contributed by atoms with E-state index in [4.69, 9.17) is 16.3 Å². The molecule has 1 fully saturated rings. The number of carbonyl (C=O) groups excluding carboxylic acids is 2. The summed E-state index contributed by atoms with van der Waals surface area (Å²) >= 11 is 5.96. The number of ether oxygens (including phenoxy) is 1. The number of alkyl halides is 3. The first kappa shape index (κ1) is 27.8. The molecule has 1 saturated heterocycles. The van der Waals surface area contributed by atoms with E-state index in [2.05, 4.69) is 15.2 Å². The van der Waals surface area contributed by atoms with E-state index in [0.29, 0.717) is 29.9 Å². The van der Waals surface area contributed by atoms with Gasteiger partial charge in [0.25, 0.3) is 11.8 Å². The summed E-state index contributed by atoms with van der Waals surface area (Å²) in [5.41, 5.74) is 0.803. The second-order valence-electron chi connectivity index (χ2n) is 9.92. The Labute approximate surface area is 234 Å². The van der Waals surface area contributed by atoms with Crippen molar-refractivity contribution in [1.82, 2.24) is 15.2 Å². The van der Waals surface area contributed by atoms with Gasteiger partial charge in [-0.15, -0.1) is 0 Å². The highest BCUT2D eigenvalue weighted by atomic mass is 35.5. The molecule has 2 aliphatic rings. The summed E-state index contributed by atoms with van der Waals surface area (Å²) in [6, 6.07) is 11.8. The lowest BCUT2D eigenvalue weighted by molar-refractivity contribution is -0.137. The predicted octanol–water partition coefficient (Wildman–Crippen LogP) is 5.75. The summed E-state index contributed by atoms with van der Waals surface area (Å²) < 4.78 is 45.6. The Bertz CT molecular complexity index is 1400. The molecule has 210 valence electrons. The Hall–Kier alpha value is -3.79. The zero-order valence-electron chi connectivity index (χ0n) is 21.7. The van der Waals surface area contributed by atoms with Crippen LogP contribution in [0.5, 0.6) is 5.75 Å². The molecule has 1 atom stereocenters. The Kier molecular flexibility index (Phi) is 7.89. The fourth-order valence-corrected chi connectivity index (χ4v) is 5.59. The van der Waals surface area contributed by atoms with Gasteiger partial charge in [0.2, 0.25) is 0 Å². The van der Waals surface area contributed by atoms with Crippen molar-refractivity contribution in [3.63, 3.8) is 0 Å². The molecule has 2 aromatic carbocycles. The number of piperidine rings is 1. The lowest BCUT2D eigenvalue weighted by Gasteiger charge is -2.38. The summed E-state index contributed by atoms with van der Waals surface area (Å²) in [4.78, 5) is 34.6. The minimum absolute atomic E-state index is 0.0661. The number of hydrogen-bond donors (Lipinski definition) is 1. The van der Waals surface area contributed by atoms with E-state index >= 15 is 0 Å². The van der Waals surface area contributed by atoms with Crippen LogP contribution >= 0.6 is 11.6 Å². The van der Waals surface area contributed by atoms with E-state index in [9.17, 15) is 22.8 Å². The minimum Gasteiger partial charge on any atom is -0.493 e. The zero-order chi connectivity index (χ0) is 28.4. The molecular weight excluding hydrogens is 545 g/mol. The fourth-order valence-electron chi connectivity index (χ4n) is 5.28. The van der Waals surface area contributed by atoms with Gasteiger partial charge in [-0.3, -0.25) is 14.6 Å². The Morgan fingerprint density at radius 2 is 1.80 bits per heavy atom. The number of amides is 2. The molecule has 0 spiro atoms. The van der Waals surface area contributed by atoms with Crippen LogP contribution in [0.25, 0.3) is 0 Å². The molecule has 0 bridgehead atoms. The van der Waals surface area contributed by atoms with Crippen LogP contribution in [-0.2, 0) is 6.18 Å². The third-order valence-corrected chi connectivity index (χ3v) is 7.92. The number of hydrogen-bond acceptors (Lipinski definition) is 5. The molecule has 40 heavy (non-hydrogen) atoms. The number of halogens is 4. The van der Waals surface area contributed by atoms with Crippen LogP contribution in [0, 0.1) is 0 Å². The third kappa shape index (κ3) is 5.72. The van der Waals surface area contributed by atoms with Crippen molar-refractivity contribution in [2.45, 2.75) is 37.5 Å². The van der Waals surface area contributed by atoms with Crippen molar-refractivity contribution in [2.24, 2.45) is 0 Å². The quantitative estimate of drug-likeness (QED) is 0.421. The molecule has 7 nitrogen and oxygen atoms in total. The second kappa shape index (κ2) is 11.4. The van der Waals surface area contributed by atoms with Gasteiger partial charge in [-0.2, -0.15) is 13.2 Å². The Morgan fingerprint density at radius 1 is 1.07 bits per heavy atom. The summed E-state index contributed by atoms with van der Waals surface area (Å²) in [6.07, 6.45) is 0.859. The highest BCUT2D eigenvalue weighted by Crippen LogP contribution is 2.37. The zero-order valence-corrected chi connectivity index (χ0v) is 22.5. The highest BCUT2D eigenvalue weighted by Gasteiger charge is 2.35. The van der Waals surface area contributed by atoms with Gasteiger partial charge < -0.3 is 19.9 Å². The number of nitrogens with one attached hydrogen (secondary N) is 1. The van der Waals surface area contributed by atoms with Crippen LogP contribution in [0.4, 0.5) is 18.9 Å². The van der Waals surface area contributed by atoms with Crippen LogP contribution in [0.15, 0.2) is 60.9 Å². The number of pyridine rings is 1. The summed E-state index contributed by atoms with van der Waals surface area (Å²) in [7, 11) is 1.79. The van der Waals surface area contributed by atoms with Gasteiger partial charge in [0.05, 0.1) is 28.8 Å². The monoisotopic (exact) mass is 572 g/mol.